The normalized spacial score (nSPS) is 17.5. The van der Waals surface area contributed by atoms with Crippen molar-refractivity contribution in [1.29, 1.82) is 0 Å². The summed E-state index contributed by atoms with van der Waals surface area (Å²) in [6.07, 6.45) is 1.12. The summed E-state index contributed by atoms with van der Waals surface area (Å²) in [6.45, 7) is 5.68. The van der Waals surface area contributed by atoms with Crippen LogP contribution in [0.5, 0.6) is 0 Å². The Morgan fingerprint density at radius 3 is 2.79 bits per heavy atom. The van der Waals surface area contributed by atoms with E-state index in [1.54, 1.807) is 0 Å². The molecule has 0 saturated carbocycles. The highest BCUT2D eigenvalue weighted by Gasteiger charge is 2.16. The van der Waals surface area contributed by atoms with Crippen molar-refractivity contribution >= 4 is 21.6 Å². The minimum absolute atomic E-state index is 0.241. The van der Waals surface area contributed by atoms with Crippen LogP contribution in [0, 0.1) is 0 Å². The van der Waals surface area contributed by atoms with Crippen LogP contribution in [0.4, 0.5) is 5.69 Å². The van der Waals surface area contributed by atoms with Gasteiger partial charge in [-0.05, 0) is 30.7 Å². The fraction of sp³-hybridized carbons (Fsp3) is 0.571. The number of benzene rings is 1. The van der Waals surface area contributed by atoms with Gasteiger partial charge in [0, 0.05) is 42.9 Å². The second-order valence-corrected chi connectivity index (χ2v) is 5.80. The molecule has 0 radical (unpaired) electrons. The fourth-order valence-corrected chi connectivity index (χ4v) is 2.93. The van der Waals surface area contributed by atoms with E-state index in [2.05, 4.69) is 37.9 Å². The molecule has 0 aromatic heterocycles. The van der Waals surface area contributed by atoms with Gasteiger partial charge in [0.15, 0.2) is 0 Å². The highest BCUT2D eigenvalue weighted by molar-refractivity contribution is 9.10. The van der Waals surface area contributed by atoms with Gasteiger partial charge in [0.2, 0.25) is 0 Å². The molecule has 4 nitrogen and oxygen atoms in total. The van der Waals surface area contributed by atoms with E-state index in [1.807, 2.05) is 6.07 Å². The first-order chi connectivity index (χ1) is 9.24. The molecular weight excluding hydrogens is 306 g/mol. The number of hydrogen-bond acceptors (Lipinski definition) is 4. The molecule has 0 atom stereocenters. The van der Waals surface area contributed by atoms with E-state index in [4.69, 9.17) is 10.8 Å². The number of aliphatic hydroxyl groups is 1. The summed E-state index contributed by atoms with van der Waals surface area (Å²) in [4.78, 5) is 4.73. The molecule has 106 valence electrons. The number of nitrogens with two attached hydrogens (primary N) is 1. The molecule has 19 heavy (non-hydrogen) atoms. The van der Waals surface area contributed by atoms with Gasteiger partial charge in [-0.2, -0.15) is 0 Å². The topological polar surface area (TPSA) is 52.7 Å². The van der Waals surface area contributed by atoms with Crippen molar-refractivity contribution in [2.75, 3.05) is 44.2 Å². The third-order valence-corrected chi connectivity index (χ3v) is 4.11. The highest BCUT2D eigenvalue weighted by Crippen LogP contribution is 2.26. The third-order valence-electron chi connectivity index (χ3n) is 3.61. The van der Waals surface area contributed by atoms with Gasteiger partial charge in [-0.1, -0.05) is 22.0 Å². The SMILES string of the molecule is NCc1ccc(Br)cc1N1CCCN(CCO)CC1. The summed E-state index contributed by atoms with van der Waals surface area (Å²) in [7, 11) is 0. The standard InChI is InChI=1S/C14H22BrN3O/c15-13-3-2-12(11-16)14(10-13)18-5-1-4-17(6-7-18)8-9-19/h2-3,10,19H,1,4-9,11,16H2. The molecule has 3 N–H and O–H groups in total. The Morgan fingerprint density at radius 1 is 1.21 bits per heavy atom. The number of rotatable bonds is 4. The van der Waals surface area contributed by atoms with Crippen LogP contribution >= 0.6 is 15.9 Å². The van der Waals surface area contributed by atoms with Crippen LogP contribution in [0.15, 0.2) is 22.7 Å². The number of aliphatic hydroxyl groups excluding tert-OH is 1. The molecule has 0 amide bonds. The Bertz CT molecular complexity index is 414. The molecule has 1 aliphatic rings. The van der Waals surface area contributed by atoms with E-state index in [9.17, 15) is 0 Å². The van der Waals surface area contributed by atoms with Crippen molar-refractivity contribution in [3.8, 4) is 0 Å². The molecule has 0 aliphatic carbocycles. The molecule has 1 aromatic carbocycles. The Kier molecular flexibility index (Phi) is 5.63. The lowest BCUT2D eigenvalue weighted by atomic mass is 10.1. The Morgan fingerprint density at radius 2 is 2.05 bits per heavy atom. The number of nitrogens with zero attached hydrogens (tertiary/aromatic N) is 2. The number of β-amino-alcohol motifs (C(OH)–C–C–N with tert-alkyl or cyclic N) is 1. The molecule has 1 heterocycles. The summed E-state index contributed by atoms with van der Waals surface area (Å²) >= 11 is 3.54. The van der Waals surface area contributed by atoms with E-state index in [0.29, 0.717) is 6.54 Å². The first kappa shape index (κ1) is 14.8. The van der Waals surface area contributed by atoms with Crippen molar-refractivity contribution in [3.63, 3.8) is 0 Å². The number of halogens is 1. The summed E-state index contributed by atoms with van der Waals surface area (Å²) in [5, 5.41) is 9.03. The second-order valence-electron chi connectivity index (χ2n) is 4.88. The van der Waals surface area contributed by atoms with Crippen LogP contribution in [-0.4, -0.2) is 49.3 Å². The average molecular weight is 328 g/mol. The average Bonchev–Trinajstić information content (AvgIpc) is 2.65. The van der Waals surface area contributed by atoms with Crippen LogP contribution in [0.25, 0.3) is 0 Å². The van der Waals surface area contributed by atoms with E-state index in [0.717, 1.165) is 43.6 Å². The zero-order valence-corrected chi connectivity index (χ0v) is 12.8. The van der Waals surface area contributed by atoms with E-state index >= 15 is 0 Å². The lowest BCUT2D eigenvalue weighted by Crippen LogP contribution is -2.32. The van der Waals surface area contributed by atoms with Gasteiger partial charge in [0.05, 0.1) is 6.61 Å². The van der Waals surface area contributed by atoms with Gasteiger partial charge in [-0.3, -0.25) is 4.90 Å². The number of hydrogen-bond donors (Lipinski definition) is 2. The summed E-state index contributed by atoms with van der Waals surface area (Å²) in [5.74, 6) is 0. The van der Waals surface area contributed by atoms with Crippen molar-refractivity contribution < 1.29 is 5.11 Å². The zero-order chi connectivity index (χ0) is 13.7. The van der Waals surface area contributed by atoms with E-state index < -0.39 is 0 Å². The predicted octanol–water partition coefficient (Wildman–Crippen LogP) is 1.41. The maximum atomic E-state index is 9.03. The monoisotopic (exact) mass is 327 g/mol. The van der Waals surface area contributed by atoms with Crippen LogP contribution < -0.4 is 10.6 Å². The predicted molar refractivity (Wildman–Crippen MR) is 82.4 cm³/mol. The Balaban J connectivity index is 2.11. The Hall–Kier alpha value is -0.620. The largest absolute Gasteiger partial charge is 0.395 e. The minimum Gasteiger partial charge on any atom is -0.395 e. The molecule has 1 aromatic rings. The van der Waals surface area contributed by atoms with E-state index in [1.165, 1.54) is 11.3 Å². The van der Waals surface area contributed by atoms with Gasteiger partial charge in [-0.25, -0.2) is 0 Å². The van der Waals surface area contributed by atoms with Crippen LogP contribution in [-0.2, 0) is 6.54 Å². The molecule has 1 saturated heterocycles. The third kappa shape index (κ3) is 3.92. The van der Waals surface area contributed by atoms with Crippen molar-refractivity contribution in [1.82, 2.24) is 4.90 Å². The Labute approximate surface area is 123 Å². The smallest absolute Gasteiger partial charge is 0.0558 e. The first-order valence-corrected chi connectivity index (χ1v) is 7.60. The van der Waals surface area contributed by atoms with Gasteiger partial charge < -0.3 is 15.7 Å². The lowest BCUT2D eigenvalue weighted by molar-refractivity contribution is 0.204. The number of anilines is 1. The van der Waals surface area contributed by atoms with Crippen LogP contribution in [0.2, 0.25) is 0 Å². The van der Waals surface area contributed by atoms with Crippen molar-refractivity contribution in [2.24, 2.45) is 5.73 Å². The van der Waals surface area contributed by atoms with Crippen LogP contribution in [0.1, 0.15) is 12.0 Å². The lowest BCUT2D eigenvalue weighted by Gasteiger charge is -2.26. The molecule has 0 bridgehead atoms. The van der Waals surface area contributed by atoms with E-state index in [-0.39, 0.29) is 6.61 Å². The first-order valence-electron chi connectivity index (χ1n) is 6.81. The molecule has 1 aliphatic heterocycles. The van der Waals surface area contributed by atoms with Crippen molar-refractivity contribution in [3.05, 3.63) is 28.2 Å². The molecule has 5 heteroatoms. The van der Waals surface area contributed by atoms with Gasteiger partial charge in [0.1, 0.15) is 0 Å². The quantitative estimate of drug-likeness (QED) is 0.878. The summed E-state index contributed by atoms with van der Waals surface area (Å²) in [5.41, 5.74) is 8.27. The molecule has 2 rings (SSSR count). The molecule has 0 spiro atoms. The highest BCUT2D eigenvalue weighted by atomic mass is 79.9. The zero-order valence-electron chi connectivity index (χ0n) is 11.2. The second kappa shape index (κ2) is 7.24. The van der Waals surface area contributed by atoms with Gasteiger partial charge >= 0.3 is 0 Å². The van der Waals surface area contributed by atoms with Crippen LogP contribution in [0.3, 0.4) is 0 Å². The summed E-state index contributed by atoms with van der Waals surface area (Å²) < 4.78 is 1.09. The fourth-order valence-electron chi connectivity index (χ4n) is 2.58. The summed E-state index contributed by atoms with van der Waals surface area (Å²) in [6, 6.07) is 6.29. The van der Waals surface area contributed by atoms with Crippen molar-refractivity contribution in [2.45, 2.75) is 13.0 Å². The minimum atomic E-state index is 0.241. The molecular formula is C14H22BrN3O. The van der Waals surface area contributed by atoms with Gasteiger partial charge in [-0.15, -0.1) is 0 Å². The van der Waals surface area contributed by atoms with Gasteiger partial charge in [0.25, 0.3) is 0 Å². The molecule has 1 fully saturated rings. The maximum Gasteiger partial charge on any atom is 0.0558 e. The maximum absolute atomic E-state index is 9.03. The molecule has 0 unspecified atom stereocenters.